The Bertz CT molecular complexity index is 729. The normalized spacial score (nSPS) is 10.9. The highest BCUT2D eigenvalue weighted by atomic mass is 32.2. The molecule has 0 N–H and O–H groups in total. The number of benzene rings is 1. The molecule has 1 aromatic heterocycles. The summed E-state index contributed by atoms with van der Waals surface area (Å²) in [6, 6.07) is 8.20. The minimum absolute atomic E-state index is 0.0222. The summed E-state index contributed by atoms with van der Waals surface area (Å²) >= 11 is 1.45. The second-order valence-corrected chi connectivity index (χ2v) is 7.35. The number of thioether (sulfide) groups is 1. The lowest BCUT2D eigenvalue weighted by Crippen LogP contribution is -2.26. The van der Waals surface area contributed by atoms with E-state index in [4.69, 9.17) is 4.42 Å². The predicted octanol–water partition coefficient (Wildman–Crippen LogP) is 4.60. The maximum atomic E-state index is 12.5. The second-order valence-electron chi connectivity index (χ2n) is 6.21. The van der Waals surface area contributed by atoms with Gasteiger partial charge in [0.2, 0.25) is 0 Å². The molecule has 6 nitrogen and oxygen atoms in total. The van der Waals surface area contributed by atoms with Gasteiger partial charge in [0.25, 0.3) is 11.6 Å². The van der Waals surface area contributed by atoms with E-state index in [9.17, 15) is 14.9 Å². The summed E-state index contributed by atoms with van der Waals surface area (Å²) in [7, 11) is 1.64. The van der Waals surface area contributed by atoms with Gasteiger partial charge in [0, 0.05) is 18.7 Å². The highest BCUT2D eigenvalue weighted by molar-refractivity contribution is 7.99. The number of hydrogen-bond donors (Lipinski definition) is 0. The molecule has 7 heteroatoms. The maximum absolute atomic E-state index is 12.5. The van der Waals surface area contributed by atoms with Gasteiger partial charge < -0.3 is 9.32 Å². The van der Waals surface area contributed by atoms with Crippen LogP contribution in [-0.2, 0) is 6.54 Å². The Balaban J connectivity index is 2.14. The van der Waals surface area contributed by atoms with E-state index < -0.39 is 4.92 Å². The zero-order valence-electron chi connectivity index (χ0n) is 14.6. The first-order valence-electron chi connectivity index (χ1n) is 8.07. The Morgan fingerprint density at radius 2 is 2.12 bits per heavy atom. The van der Waals surface area contributed by atoms with Crippen LogP contribution in [0.1, 0.15) is 36.4 Å². The van der Waals surface area contributed by atoms with Crippen LogP contribution in [0.25, 0.3) is 0 Å². The molecule has 1 aromatic carbocycles. The van der Waals surface area contributed by atoms with E-state index in [1.807, 2.05) is 0 Å². The van der Waals surface area contributed by atoms with Gasteiger partial charge in [-0.3, -0.25) is 14.9 Å². The summed E-state index contributed by atoms with van der Waals surface area (Å²) in [5.41, 5.74) is 0.278. The first-order chi connectivity index (χ1) is 11.9. The minimum Gasteiger partial charge on any atom is -0.467 e. The number of furan rings is 1. The van der Waals surface area contributed by atoms with Gasteiger partial charge >= 0.3 is 0 Å². The number of nitro benzene ring substituents is 1. The van der Waals surface area contributed by atoms with Crippen LogP contribution in [0.2, 0.25) is 0 Å². The van der Waals surface area contributed by atoms with Gasteiger partial charge in [0.05, 0.1) is 22.6 Å². The summed E-state index contributed by atoms with van der Waals surface area (Å²) in [6.45, 7) is 4.54. The van der Waals surface area contributed by atoms with Crippen LogP contribution in [0.5, 0.6) is 0 Å². The SMILES string of the molecule is CC(C)CCSc1ccc(C(=O)N(C)Cc2ccco2)cc1[N+](=O)[O-]. The van der Waals surface area contributed by atoms with E-state index in [1.165, 1.54) is 22.7 Å². The molecule has 0 fully saturated rings. The quantitative estimate of drug-likeness (QED) is 0.390. The monoisotopic (exact) mass is 362 g/mol. The molecule has 0 unspecified atom stereocenters. The van der Waals surface area contributed by atoms with Crippen molar-refractivity contribution >= 4 is 23.4 Å². The molecule has 1 amide bonds. The predicted molar refractivity (Wildman–Crippen MR) is 97.8 cm³/mol. The number of rotatable bonds is 8. The van der Waals surface area contributed by atoms with Crippen molar-refractivity contribution in [1.82, 2.24) is 4.90 Å². The fourth-order valence-electron chi connectivity index (χ4n) is 2.25. The second kappa shape index (κ2) is 8.71. The largest absolute Gasteiger partial charge is 0.467 e. The lowest BCUT2D eigenvalue weighted by molar-refractivity contribution is -0.387. The molecular weight excluding hydrogens is 340 g/mol. The average molecular weight is 362 g/mol. The smallest absolute Gasteiger partial charge is 0.283 e. The molecule has 2 aromatic rings. The first kappa shape index (κ1) is 19.1. The summed E-state index contributed by atoms with van der Waals surface area (Å²) in [4.78, 5) is 25.5. The van der Waals surface area contributed by atoms with Crippen LogP contribution in [0.3, 0.4) is 0 Å². The number of carbonyl (C=O) groups excluding carboxylic acids is 1. The van der Waals surface area contributed by atoms with E-state index in [1.54, 1.807) is 37.6 Å². The summed E-state index contributed by atoms with van der Waals surface area (Å²) in [5, 5.41) is 11.4. The number of hydrogen-bond acceptors (Lipinski definition) is 5. The van der Waals surface area contributed by atoms with Gasteiger partial charge in [0.1, 0.15) is 5.76 Å². The molecule has 25 heavy (non-hydrogen) atoms. The van der Waals surface area contributed by atoms with Crippen LogP contribution in [-0.4, -0.2) is 28.5 Å². The Labute approximate surface area is 151 Å². The molecular formula is C18H22N2O4S. The van der Waals surface area contributed by atoms with Gasteiger partial charge in [-0.25, -0.2) is 0 Å². The lowest BCUT2D eigenvalue weighted by Gasteiger charge is -2.16. The standard InChI is InChI=1S/C18H22N2O4S/c1-13(2)8-10-25-17-7-6-14(11-16(17)20(22)23)18(21)19(3)12-15-5-4-9-24-15/h4-7,9,11,13H,8,10,12H2,1-3H3. The van der Waals surface area contributed by atoms with Crippen molar-refractivity contribution in [2.24, 2.45) is 5.92 Å². The molecule has 2 rings (SSSR count). The van der Waals surface area contributed by atoms with Gasteiger partial charge in [0.15, 0.2) is 0 Å². The molecule has 0 aliphatic carbocycles. The van der Waals surface area contributed by atoms with Crippen molar-refractivity contribution in [3.8, 4) is 0 Å². The van der Waals surface area contributed by atoms with Crippen LogP contribution in [0, 0.1) is 16.0 Å². The van der Waals surface area contributed by atoms with Crippen molar-refractivity contribution in [3.05, 3.63) is 58.0 Å². The molecule has 0 aliphatic rings. The molecule has 0 saturated heterocycles. The fourth-order valence-corrected chi connectivity index (χ4v) is 3.50. The fraction of sp³-hybridized carbons (Fsp3) is 0.389. The zero-order valence-corrected chi connectivity index (χ0v) is 15.4. The molecule has 1 heterocycles. The Morgan fingerprint density at radius 3 is 2.72 bits per heavy atom. The van der Waals surface area contributed by atoms with E-state index in [0.29, 0.717) is 28.7 Å². The zero-order chi connectivity index (χ0) is 18.4. The number of carbonyl (C=O) groups is 1. The van der Waals surface area contributed by atoms with Crippen molar-refractivity contribution in [2.45, 2.75) is 31.7 Å². The highest BCUT2D eigenvalue weighted by Crippen LogP contribution is 2.31. The van der Waals surface area contributed by atoms with Gasteiger partial charge in [-0.15, -0.1) is 11.8 Å². The Kier molecular flexibility index (Phi) is 6.64. The van der Waals surface area contributed by atoms with Gasteiger partial charge in [-0.05, 0) is 42.4 Å². The van der Waals surface area contributed by atoms with Crippen LogP contribution < -0.4 is 0 Å². The summed E-state index contributed by atoms with van der Waals surface area (Å²) < 4.78 is 5.23. The molecule has 0 aliphatic heterocycles. The summed E-state index contributed by atoms with van der Waals surface area (Å²) in [5.74, 6) is 1.73. The topological polar surface area (TPSA) is 76.6 Å². The molecule has 134 valence electrons. The maximum Gasteiger partial charge on any atom is 0.283 e. The molecule has 0 bridgehead atoms. The first-order valence-corrected chi connectivity index (χ1v) is 9.06. The third-order valence-corrected chi connectivity index (χ3v) is 4.77. The molecule has 0 radical (unpaired) electrons. The average Bonchev–Trinajstić information content (AvgIpc) is 3.06. The Morgan fingerprint density at radius 1 is 1.36 bits per heavy atom. The third kappa shape index (κ3) is 5.35. The van der Waals surface area contributed by atoms with E-state index >= 15 is 0 Å². The Hall–Kier alpha value is -2.28. The molecule has 0 saturated carbocycles. The summed E-state index contributed by atoms with van der Waals surface area (Å²) in [6.07, 6.45) is 2.52. The van der Waals surface area contributed by atoms with Gasteiger partial charge in [-0.2, -0.15) is 0 Å². The molecule has 0 atom stereocenters. The van der Waals surface area contributed by atoms with Gasteiger partial charge in [-0.1, -0.05) is 13.8 Å². The lowest BCUT2D eigenvalue weighted by atomic mass is 10.1. The van der Waals surface area contributed by atoms with E-state index in [2.05, 4.69) is 13.8 Å². The number of nitro groups is 1. The van der Waals surface area contributed by atoms with Crippen molar-refractivity contribution in [1.29, 1.82) is 0 Å². The van der Waals surface area contributed by atoms with Crippen LogP contribution >= 0.6 is 11.8 Å². The van der Waals surface area contributed by atoms with Crippen molar-refractivity contribution in [2.75, 3.05) is 12.8 Å². The third-order valence-electron chi connectivity index (χ3n) is 3.68. The van der Waals surface area contributed by atoms with E-state index in [-0.39, 0.29) is 11.6 Å². The van der Waals surface area contributed by atoms with E-state index in [0.717, 1.165) is 12.2 Å². The number of nitrogens with zero attached hydrogens (tertiary/aromatic N) is 2. The number of amides is 1. The minimum atomic E-state index is -0.430. The molecule has 0 spiro atoms. The highest BCUT2D eigenvalue weighted by Gasteiger charge is 2.20. The van der Waals surface area contributed by atoms with Crippen molar-refractivity contribution < 1.29 is 14.1 Å². The van der Waals surface area contributed by atoms with Crippen molar-refractivity contribution in [3.63, 3.8) is 0 Å². The van der Waals surface area contributed by atoms with Crippen LogP contribution in [0.4, 0.5) is 5.69 Å². The van der Waals surface area contributed by atoms with Crippen LogP contribution in [0.15, 0.2) is 45.9 Å².